The minimum absolute atomic E-state index is 0.148. The SMILES string of the molecule is CC(C)(C)CCC(=O)c1csc(CCN)n1. The van der Waals surface area contributed by atoms with E-state index in [1.165, 1.54) is 11.3 Å². The molecular formula is C12H20N2OS. The van der Waals surface area contributed by atoms with E-state index in [1.807, 2.05) is 5.38 Å². The maximum absolute atomic E-state index is 11.8. The Bertz CT molecular complexity index is 352. The molecule has 1 heterocycles. The highest BCUT2D eigenvalue weighted by atomic mass is 32.1. The summed E-state index contributed by atoms with van der Waals surface area (Å²) in [4.78, 5) is 16.1. The highest BCUT2D eigenvalue weighted by Gasteiger charge is 2.15. The molecular weight excluding hydrogens is 220 g/mol. The number of carbonyl (C=O) groups is 1. The Morgan fingerprint density at radius 3 is 2.75 bits per heavy atom. The first-order valence-corrected chi connectivity index (χ1v) is 6.48. The van der Waals surface area contributed by atoms with E-state index < -0.39 is 0 Å². The third-order valence-electron chi connectivity index (χ3n) is 2.30. The lowest BCUT2D eigenvalue weighted by Crippen LogP contribution is -2.09. The fourth-order valence-electron chi connectivity index (χ4n) is 1.29. The number of aromatic nitrogens is 1. The summed E-state index contributed by atoms with van der Waals surface area (Å²) in [6, 6.07) is 0. The maximum Gasteiger partial charge on any atom is 0.182 e. The molecule has 0 aliphatic rings. The van der Waals surface area contributed by atoms with Gasteiger partial charge in [0.2, 0.25) is 0 Å². The van der Waals surface area contributed by atoms with Crippen LogP contribution in [-0.2, 0) is 6.42 Å². The fraction of sp³-hybridized carbons (Fsp3) is 0.667. The van der Waals surface area contributed by atoms with Gasteiger partial charge in [-0.15, -0.1) is 11.3 Å². The molecule has 0 radical (unpaired) electrons. The second-order valence-corrected chi connectivity index (χ2v) is 6.09. The number of nitrogens with zero attached hydrogens (tertiary/aromatic N) is 1. The molecule has 0 saturated carbocycles. The number of ketones is 1. The van der Waals surface area contributed by atoms with E-state index in [0.717, 1.165) is 17.8 Å². The number of hydrogen-bond acceptors (Lipinski definition) is 4. The van der Waals surface area contributed by atoms with Crippen molar-refractivity contribution in [3.63, 3.8) is 0 Å². The molecule has 2 N–H and O–H groups in total. The van der Waals surface area contributed by atoms with Gasteiger partial charge in [-0.2, -0.15) is 0 Å². The summed E-state index contributed by atoms with van der Waals surface area (Å²) in [5, 5.41) is 2.80. The molecule has 0 spiro atoms. The summed E-state index contributed by atoms with van der Waals surface area (Å²) in [5.41, 5.74) is 6.25. The quantitative estimate of drug-likeness (QED) is 0.805. The van der Waals surface area contributed by atoms with Crippen LogP contribution in [0.5, 0.6) is 0 Å². The summed E-state index contributed by atoms with van der Waals surface area (Å²) in [7, 11) is 0. The zero-order valence-corrected chi connectivity index (χ0v) is 11.1. The number of rotatable bonds is 5. The summed E-state index contributed by atoms with van der Waals surface area (Å²) >= 11 is 1.52. The molecule has 1 rings (SSSR count). The first-order valence-electron chi connectivity index (χ1n) is 5.60. The molecule has 0 aromatic carbocycles. The predicted molar refractivity (Wildman–Crippen MR) is 67.9 cm³/mol. The van der Waals surface area contributed by atoms with Crippen molar-refractivity contribution in [1.82, 2.24) is 4.98 Å². The standard InChI is InChI=1S/C12H20N2OS/c1-12(2,3)6-4-10(15)9-8-16-11(14-9)5-7-13/h8H,4-7,13H2,1-3H3. The minimum Gasteiger partial charge on any atom is -0.330 e. The second kappa shape index (κ2) is 5.55. The Hall–Kier alpha value is -0.740. The molecule has 0 aliphatic carbocycles. The molecule has 90 valence electrons. The number of hydrogen-bond donors (Lipinski definition) is 1. The lowest BCUT2D eigenvalue weighted by Gasteiger charge is -2.16. The molecule has 0 fully saturated rings. The number of Topliss-reactive ketones (excluding diaryl/α,β-unsaturated/α-hetero) is 1. The molecule has 0 saturated heterocycles. The van der Waals surface area contributed by atoms with Gasteiger partial charge in [0.1, 0.15) is 5.69 Å². The zero-order chi connectivity index (χ0) is 12.2. The van der Waals surface area contributed by atoms with E-state index in [9.17, 15) is 4.79 Å². The molecule has 0 bridgehead atoms. The van der Waals surface area contributed by atoms with E-state index in [4.69, 9.17) is 5.73 Å². The van der Waals surface area contributed by atoms with Crippen LogP contribution < -0.4 is 5.73 Å². The van der Waals surface area contributed by atoms with Gasteiger partial charge in [-0.05, 0) is 18.4 Å². The van der Waals surface area contributed by atoms with Gasteiger partial charge in [-0.3, -0.25) is 4.79 Å². The molecule has 3 nitrogen and oxygen atoms in total. The van der Waals surface area contributed by atoms with Gasteiger partial charge in [0.15, 0.2) is 5.78 Å². The highest BCUT2D eigenvalue weighted by molar-refractivity contribution is 7.09. The molecule has 1 aromatic rings. The Labute approximate surface area is 101 Å². The van der Waals surface area contributed by atoms with Crippen molar-refractivity contribution in [2.45, 2.75) is 40.0 Å². The van der Waals surface area contributed by atoms with Crippen LogP contribution in [0.2, 0.25) is 0 Å². The van der Waals surface area contributed by atoms with E-state index in [0.29, 0.717) is 18.7 Å². The molecule has 1 aromatic heterocycles. The Kier molecular flexibility index (Phi) is 4.62. The number of nitrogens with two attached hydrogens (primary N) is 1. The summed E-state index contributed by atoms with van der Waals surface area (Å²) < 4.78 is 0. The van der Waals surface area contributed by atoms with E-state index in [1.54, 1.807) is 0 Å². The lowest BCUT2D eigenvalue weighted by atomic mass is 9.89. The predicted octanol–water partition coefficient (Wildman–Crippen LogP) is 2.65. The molecule has 0 atom stereocenters. The lowest BCUT2D eigenvalue weighted by molar-refractivity contribution is 0.0961. The summed E-state index contributed by atoms with van der Waals surface area (Å²) in [6.07, 6.45) is 2.24. The van der Waals surface area contributed by atoms with Crippen molar-refractivity contribution < 1.29 is 4.79 Å². The van der Waals surface area contributed by atoms with Crippen molar-refractivity contribution in [1.29, 1.82) is 0 Å². The van der Waals surface area contributed by atoms with Crippen LogP contribution in [0, 0.1) is 5.41 Å². The normalized spacial score (nSPS) is 11.8. The Morgan fingerprint density at radius 2 is 2.19 bits per heavy atom. The van der Waals surface area contributed by atoms with Crippen molar-refractivity contribution >= 4 is 17.1 Å². The van der Waals surface area contributed by atoms with Crippen molar-refractivity contribution in [3.8, 4) is 0 Å². The van der Waals surface area contributed by atoms with E-state index in [-0.39, 0.29) is 11.2 Å². The topological polar surface area (TPSA) is 56.0 Å². The van der Waals surface area contributed by atoms with Crippen LogP contribution in [-0.4, -0.2) is 17.3 Å². The Balaban J connectivity index is 2.53. The highest BCUT2D eigenvalue weighted by Crippen LogP contribution is 2.22. The zero-order valence-electron chi connectivity index (χ0n) is 10.2. The van der Waals surface area contributed by atoms with Crippen molar-refractivity contribution in [2.75, 3.05) is 6.54 Å². The van der Waals surface area contributed by atoms with Crippen LogP contribution in [0.3, 0.4) is 0 Å². The third-order valence-corrected chi connectivity index (χ3v) is 3.21. The minimum atomic E-state index is 0.148. The van der Waals surface area contributed by atoms with Crippen LogP contribution in [0.15, 0.2) is 5.38 Å². The first-order chi connectivity index (χ1) is 7.42. The van der Waals surface area contributed by atoms with Gasteiger partial charge in [0.25, 0.3) is 0 Å². The van der Waals surface area contributed by atoms with Crippen LogP contribution >= 0.6 is 11.3 Å². The van der Waals surface area contributed by atoms with Crippen LogP contribution in [0.4, 0.5) is 0 Å². The van der Waals surface area contributed by atoms with Gasteiger partial charge in [0.05, 0.1) is 5.01 Å². The number of carbonyl (C=O) groups excluding carboxylic acids is 1. The molecule has 4 heteroatoms. The molecule has 0 unspecified atom stereocenters. The van der Waals surface area contributed by atoms with Gasteiger partial charge >= 0.3 is 0 Å². The van der Waals surface area contributed by atoms with E-state index >= 15 is 0 Å². The molecule has 16 heavy (non-hydrogen) atoms. The Morgan fingerprint density at radius 1 is 1.50 bits per heavy atom. The van der Waals surface area contributed by atoms with Crippen molar-refractivity contribution in [3.05, 3.63) is 16.1 Å². The van der Waals surface area contributed by atoms with E-state index in [2.05, 4.69) is 25.8 Å². The van der Waals surface area contributed by atoms with Gasteiger partial charge < -0.3 is 5.73 Å². The van der Waals surface area contributed by atoms with Gasteiger partial charge in [-0.25, -0.2) is 4.98 Å². The fourth-order valence-corrected chi connectivity index (χ4v) is 2.11. The molecule has 0 aliphatic heterocycles. The molecule has 0 amide bonds. The maximum atomic E-state index is 11.8. The number of thiazole rings is 1. The largest absolute Gasteiger partial charge is 0.330 e. The monoisotopic (exact) mass is 240 g/mol. The van der Waals surface area contributed by atoms with Crippen LogP contribution in [0.1, 0.15) is 49.1 Å². The van der Waals surface area contributed by atoms with Gasteiger partial charge in [0, 0.05) is 18.2 Å². The van der Waals surface area contributed by atoms with Gasteiger partial charge in [-0.1, -0.05) is 20.8 Å². The third kappa shape index (κ3) is 4.41. The van der Waals surface area contributed by atoms with Crippen LogP contribution in [0.25, 0.3) is 0 Å². The second-order valence-electron chi connectivity index (χ2n) is 5.15. The first kappa shape index (κ1) is 13.3. The smallest absolute Gasteiger partial charge is 0.182 e. The van der Waals surface area contributed by atoms with Crippen molar-refractivity contribution in [2.24, 2.45) is 11.1 Å². The summed E-state index contributed by atoms with van der Waals surface area (Å²) in [5.74, 6) is 0.148. The average molecular weight is 240 g/mol. The average Bonchev–Trinajstić information content (AvgIpc) is 2.62. The summed E-state index contributed by atoms with van der Waals surface area (Å²) in [6.45, 7) is 7.01.